The predicted molar refractivity (Wildman–Crippen MR) is 93.8 cm³/mol. The van der Waals surface area contributed by atoms with Gasteiger partial charge in [0.1, 0.15) is 0 Å². The summed E-state index contributed by atoms with van der Waals surface area (Å²) >= 11 is 6.28. The van der Waals surface area contributed by atoms with Crippen molar-refractivity contribution in [3.63, 3.8) is 0 Å². The molecule has 1 fully saturated rings. The Morgan fingerprint density at radius 3 is 2.57 bits per heavy atom. The summed E-state index contributed by atoms with van der Waals surface area (Å²) in [4.78, 5) is 2.45. The van der Waals surface area contributed by atoms with Gasteiger partial charge >= 0.3 is 0 Å². The van der Waals surface area contributed by atoms with Gasteiger partial charge in [-0.2, -0.15) is 0 Å². The number of nitrogens with one attached hydrogen (secondary N) is 1. The van der Waals surface area contributed by atoms with E-state index in [4.69, 9.17) is 16.3 Å². The Labute approximate surface area is 144 Å². The lowest BCUT2D eigenvalue weighted by Gasteiger charge is -2.39. The second-order valence-corrected chi connectivity index (χ2v) is 6.65. The summed E-state index contributed by atoms with van der Waals surface area (Å²) in [7, 11) is 0. The van der Waals surface area contributed by atoms with Crippen molar-refractivity contribution in [1.29, 1.82) is 0 Å². The summed E-state index contributed by atoms with van der Waals surface area (Å²) in [5.41, 5.74) is 0.957. The third-order valence-corrected chi connectivity index (χ3v) is 4.76. The van der Waals surface area contributed by atoms with Crippen LogP contribution >= 0.6 is 11.6 Å². The largest absolute Gasteiger partial charge is 0.489 e. The lowest BCUT2D eigenvalue weighted by atomic mass is 9.89. The summed E-state index contributed by atoms with van der Waals surface area (Å²) < 4.78 is 19.8. The van der Waals surface area contributed by atoms with Crippen molar-refractivity contribution in [2.24, 2.45) is 5.92 Å². The molecule has 1 saturated heterocycles. The molecule has 23 heavy (non-hydrogen) atoms. The van der Waals surface area contributed by atoms with E-state index in [2.05, 4.69) is 24.1 Å². The molecule has 1 heterocycles. The molecule has 0 spiro atoms. The monoisotopic (exact) mass is 342 g/mol. The van der Waals surface area contributed by atoms with Gasteiger partial charge in [0.05, 0.1) is 11.6 Å². The highest BCUT2D eigenvalue weighted by Crippen LogP contribution is 2.37. The molecule has 1 aliphatic heterocycles. The van der Waals surface area contributed by atoms with Crippen LogP contribution in [0, 0.1) is 11.7 Å². The maximum absolute atomic E-state index is 14.4. The Balaban J connectivity index is 2.34. The Hall–Kier alpha value is -0.840. The van der Waals surface area contributed by atoms with Gasteiger partial charge < -0.3 is 10.1 Å². The second kappa shape index (κ2) is 8.86. The second-order valence-electron chi connectivity index (χ2n) is 6.24. The molecule has 130 valence electrons. The Morgan fingerprint density at radius 1 is 1.30 bits per heavy atom. The third-order valence-electron chi connectivity index (χ3n) is 4.48. The zero-order chi connectivity index (χ0) is 16.8. The molecule has 0 bridgehead atoms. The summed E-state index contributed by atoms with van der Waals surface area (Å²) in [6.07, 6.45) is 2.23. The van der Waals surface area contributed by atoms with Crippen LogP contribution in [-0.2, 0) is 0 Å². The predicted octanol–water partition coefficient (Wildman–Crippen LogP) is 4.26. The number of rotatable bonds is 7. The maximum Gasteiger partial charge on any atom is 0.173 e. The van der Waals surface area contributed by atoms with Gasteiger partial charge in [-0.3, -0.25) is 4.90 Å². The first-order valence-corrected chi connectivity index (χ1v) is 9.02. The Morgan fingerprint density at radius 2 is 2.00 bits per heavy atom. The van der Waals surface area contributed by atoms with E-state index in [0.717, 1.165) is 44.6 Å². The molecule has 0 aromatic heterocycles. The van der Waals surface area contributed by atoms with Crippen LogP contribution in [0.3, 0.4) is 0 Å². The van der Waals surface area contributed by atoms with Crippen molar-refractivity contribution in [3.8, 4) is 5.75 Å². The van der Waals surface area contributed by atoms with Crippen LogP contribution in [0.25, 0.3) is 0 Å². The lowest BCUT2D eigenvalue weighted by molar-refractivity contribution is 0.125. The van der Waals surface area contributed by atoms with Crippen LogP contribution < -0.4 is 10.1 Å². The molecule has 3 nitrogen and oxygen atoms in total. The molecule has 1 aromatic rings. The molecule has 0 radical (unpaired) electrons. The molecular formula is C18H28ClFN2O. The van der Waals surface area contributed by atoms with Gasteiger partial charge in [0.15, 0.2) is 11.6 Å². The van der Waals surface area contributed by atoms with Crippen molar-refractivity contribution in [1.82, 2.24) is 10.2 Å². The summed E-state index contributed by atoms with van der Waals surface area (Å²) in [5, 5.41) is 3.75. The van der Waals surface area contributed by atoms with Gasteiger partial charge in [0, 0.05) is 32.2 Å². The van der Waals surface area contributed by atoms with Gasteiger partial charge in [0.25, 0.3) is 0 Å². The molecule has 5 heteroatoms. The average Bonchev–Trinajstić information content (AvgIpc) is 2.52. The summed E-state index contributed by atoms with van der Waals surface area (Å²) in [5.74, 6) is 0.254. The van der Waals surface area contributed by atoms with E-state index in [1.54, 1.807) is 6.07 Å². The van der Waals surface area contributed by atoms with Crippen molar-refractivity contribution < 1.29 is 9.13 Å². The number of halogens is 2. The smallest absolute Gasteiger partial charge is 0.173 e. The van der Waals surface area contributed by atoms with Gasteiger partial charge in [-0.15, -0.1) is 0 Å². The van der Waals surface area contributed by atoms with Gasteiger partial charge in [-0.1, -0.05) is 31.9 Å². The minimum absolute atomic E-state index is 0.167. The molecule has 1 aliphatic rings. The fourth-order valence-electron chi connectivity index (χ4n) is 3.51. The van der Waals surface area contributed by atoms with Crippen LogP contribution in [0.5, 0.6) is 5.75 Å². The number of ether oxygens (including phenoxy) is 1. The Kier molecular flexibility index (Phi) is 7.12. The van der Waals surface area contributed by atoms with E-state index in [0.29, 0.717) is 17.5 Å². The molecule has 2 rings (SSSR count). The highest BCUT2D eigenvalue weighted by molar-refractivity contribution is 6.32. The minimum atomic E-state index is -0.363. The van der Waals surface area contributed by atoms with E-state index in [1.165, 1.54) is 0 Å². The van der Waals surface area contributed by atoms with Crippen molar-refractivity contribution in [2.75, 3.05) is 32.8 Å². The minimum Gasteiger partial charge on any atom is -0.489 e. The van der Waals surface area contributed by atoms with Crippen LogP contribution in [0.4, 0.5) is 4.39 Å². The number of hydrogen-bond acceptors (Lipinski definition) is 3. The first-order valence-electron chi connectivity index (χ1n) is 8.65. The quantitative estimate of drug-likeness (QED) is 0.801. The first-order chi connectivity index (χ1) is 11.1. The zero-order valence-corrected chi connectivity index (χ0v) is 15.1. The van der Waals surface area contributed by atoms with Crippen molar-refractivity contribution in [3.05, 3.63) is 28.5 Å². The molecule has 0 amide bonds. The molecule has 2 atom stereocenters. The maximum atomic E-state index is 14.4. The zero-order valence-electron chi connectivity index (χ0n) is 14.4. The number of benzene rings is 1. The van der Waals surface area contributed by atoms with E-state index in [9.17, 15) is 4.39 Å². The van der Waals surface area contributed by atoms with Crippen LogP contribution in [0.15, 0.2) is 12.1 Å². The standard InChI is InChI=1S/C18H28ClFN2O/c1-4-6-13(3)17(22-9-7-21-8-10-22)14-11-15(19)18(23-5-2)16(20)12-14/h11-13,17,21H,4-10H2,1-3H3/t13?,17-/m1/s1. The van der Waals surface area contributed by atoms with Crippen LogP contribution in [-0.4, -0.2) is 37.7 Å². The van der Waals surface area contributed by atoms with Gasteiger partial charge in [-0.05, 0) is 37.0 Å². The summed E-state index contributed by atoms with van der Waals surface area (Å²) in [6.45, 7) is 10.6. The topological polar surface area (TPSA) is 24.5 Å². The normalized spacial score (nSPS) is 18.7. The molecule has 1 unspecified atom stereocenters. The molecule has 1 N–H and O–H groups in total. The number of nitrogens with zero attached hydrogens (tertiary/aromatic N) is 1. The van der Waals surface area contributed by atoms with E-state index < -0.39 is 0 Å². The first kappa shape index (κ1) is 18.5. The third kappa shape index (κ3) is 4.59. The Bertz CT molecular complexity index is 483. The summed E-state index contributed by atoms with van der Waals surface area (Å²) in [6, 6.07) is 3.68. The van der Waals surface area contributed by atoms with Crippen molar-refractivity contribution in [2.45, 2.75) is 39.7 Å². The fraction of sp³-hybridized carbons (Fsp3) is 0.667. The SMILES string of the molecule is CCCC(C)[C@H](c1cc(F)c(OCC)c(Cl)c1)N1CCNCC1. The highest BCUT2D eigenvalue weighted by atomic mass is 35.5. The van der Waals surface area contributed by atoms with Crippen LogP contribution in [0.1, 0.15) is 45.2 Å². The average molecular weight is 343 g/mol. The molecule has 1 aromatic carbocycles. The van der Waals surface area contributed by atoms with Gasteiger partial charge in [0.2, 0.25) is 0 Å². The van der Waals surface area contributed by atoms with E-state index in [-0.39, 0.29) is 17.6 Å². The van der Waals surface area contributed by atoms with E-state index in [1.807, 2.05) is 13.0 Å². The van der Waals surface area contributed by atoms with E-state index >= 15 is 0 Å². The van der Waals surface area contributed by atoms with Gasteiger partial charge in [-0.25, -0.2) is 4.39 Å². The number of hydrogen-bond donors (Lipinski definition) is 1. The van der Waals surface area contributed by atoms with Crippen molar-refractivity contribution >= 4 is 11.6 Å². The molecule has 0 aliphatic carbocycles. The molecular weight excluding hydrogens is 315 g/mol. The fourth-order valence-corrected chi connectivity index (χ4v) is 3.78. The highest BCUT2D eigenvalue weighted by Gasteiger charge is 2.28. The number of piperazine rings is 1. The molecule has 0 saturated carbocycles. The lowest BCUT2D eigenvalue weighted by Crippen LogP contribution is -2.46. The van der Waals surface area contributed by atoms with Crippen LogP contribution in [0.2, 0.25) is 5.02 Å².